The molecule has 0 atom stereocenters. The van der Waals surface area contributed by atoms with Crippen LogP contribution >= 0.6 is 0 Å². The third-order valence-electron chi connectivity index (χ3n) is 9.18. The molecule has 0 aliphatic heterocycles. The van der Waals surface area contributed by atoms with E-state index in [0.29, 0.717) is 185 Å². The Morgan fingerprint density at radius 2 is 0.662 bits per heavy atom. The first-order valence-electron chi connectivity index (χ1n) is 25.5. The van der Waals surface area contributed by atoms with Crippen molar-refractivity contribution in [2.75, 3.05) is 238 Å². The van der Waals surface area contributed by atoms with Crippen LogP contribution in [0, 0.1) is 0 Å². The topological polar surface area (TPSA) is 267 Å². The fraction of sp³-hybridized carbons (Fsp3) is 0.820. The van der Waals surface area contributed by atoms with Gasteiger partial charge in [0.25, 0.3) is 11.8 Å². The van der Waals surface area contributed by atoms with E-state index in [4.69, 9.17) is 91.0 Å². The molecule has 1 rings (SSSR count). The van der Waals surface area contributed by atoms with Gasteiger partial charge in [0.1, 0.15) is 11.4 Å². The minimum atomic E-state index is -0.638. The lowest BCUT2D eigenvalue weighted by Gasteiger charge is -2.20. The molecular weight excluding hydrogens is 979 g/mol. The van der Waals surface area contributed by atoms with Gasteiger partial charge in [-0.3, -0.25) is 14.4 Å². The van der Waals surface area contributed by atoms with Gasteiger partial charge in [0.2, 0.25) is 0 Å². The zero-order valence-corrected chi connectivity index (χ0v) is 45.1. The number of esters is 1. The number of methoxy groups -OCH3 is 2. The van der Waals surface area contributed by atoms with Crippen molar-refractivity contribution in [3.05, 3.63) is 23.3 Å². The van der Waals surface area contributed by atoms with Crippen molar-refractivity contribution in [2.24, 2.45) is 0 Å². The van der Waals surface area contributed by atoms with Gasteiger partial charge in [-0.05, 0) is 39.3 Å². The fourth-order valence-corrected chi connectivity index (χ4v) is 5.72. The quantitative estimate of drug-likeness (QED) is 0.0477. The Hall–Kier alpha value is -3.41. The van der Waals surface area contributed by atoms with Gasteiger partial charge in [0, 0.05) is 39.4 Å². The molecule has 0 aliphatic rings. The van der Waals surface area contributed by atoms with Crippen molar-refractivity contribution in [2.45, 2.75) is 39.2 Å². The summed E-state index contributed by atoms with van der Waals surface area (Å²) >= 11 is 0. The lowest BCUT2D eigenvalue weighted by atomic mass is 10.1. The van der Waals surface area contributed by atoms with E-state index < -0.39 is 23.4 Å². The Morgan fingerprint density at radius 3 is 0.919 bits per heavy atom. The van der Waals surface area contributed by atoms with Gasteiger partial charge in [-0.15, -0.1) is 0 Å². The molecule has 0 bridgehead atoms. The van der Waals surface area contributed by atoms with E-state index in [2.05, 4.69) is 10.6 Å². The third kappa shape index (κ3) is 43.8. The molecule has 24 nitrogen and oxygen atoms in total. The van der Waals surface area contributed by atoms with E-state index in [1.807, 2.05) is 0 Å². The van der Waals surface area contributed by atoms with E-state index in [9.17, 15) is 14.4 Å². The van der Waals surface area contributed by atoms with Crippen LogP contribution in [0.2, 0.25) is 0 Å². The first kappa shape index (κ1) is 68.6. The number of carbonyl (C=O) groups excluding carboxylic acids is 3. The molecule has 0 saturated heterocycles. The van der Waals surface area contributed by atoms with Crippen LogP contribution in [0.4, 0.5) is 5.69 Å². The van der Waals surface area contributed by atoms with E-state index in [0.717, 1.165) is 0 Å². The Bertz CT molecular complexity index is 1390. The molecule has 432 valence electrons. The lowest BCUT2D eigenvalue weighted by molar-refractivity contribution is -0.155. The first-order valence-corrected chi connectivity index (χ1v) is 25.5. The zero-order chi connectivity index (χ0) is 53.8. The van der Waals surface area contributed by atoms with E-state index in [1.165, 1.54) is 12.1 Å². The van der Waals surface area contributed by atoms with Crippen molar-refractivity contribution in [1.82, 2.24) is 10.6 Å². The molecule has 0 aromatic heterocycles. The van der Waals surface area contributed by atoms with Crippen LogP contribution in [-0.2, 0) is 85.3 Å². The van der Waals surface area contributed by atoms with Gasteiger partial charge in [0.05, 0.1) is 216 Å². The van der Waals surface area contributed by atoms with Gasteiger partial charge in [-0.25, -0.2) is 0 Å². The number of nitrogens with one attached hydrogen (secondary N) is 2. The number of amides is 2. The van der Waals surface area contributed by atoms with E-state index in [-0.39, 0.29) is 68.3 Å². The summed E-state index contributed by atoms with van der Waals surface area (Å²) in [6.07, 6.45) is 0.351. The normalized spacial score (nSPS) is 11.6. The molecule has 0 aliphatic carbocycles. The van der Waals surface area contributed by atoms with Gasteiger partial charge in [-0.2, -0.15) is 0 Å². The Labute approximate surface area is 438 Å². The third-order valence-corrected chi connectivity index (χ3v) is 9.18. The summed E-state index contributed by atoms with van der Waals surface area (Å²) in [6.45, 7) is 18.7. The first-order chi connectivity index (χ1) is 36.1. The van der Waals surface area contributed by atoms with Gasteiger partial charge in [0.15, 0.2) is 0 Å². The van der Waals surface area contributed by atoms with Crippen molar-refractivity contribution in [1.29, 1.82) is 0 Å². The minimum Gasteiger partial charge on any atom is -0.492 e. The number of rotatable bonds is 55. The second-order valence-electron chi connectivity index (χ2n) is 16.6. The van der Waals surface area contributed by atoms with E-state index >= 15 is 0 Å². The number of hydrogen-bond donors (Lipinski definition) is 3. The predicted octanol–water partition coefficient (Wildman–Crippen LogP) is 1.75. The average molecular weight is 1070 g/mol. The van der Waals surface area contributed by atoms with Gasteiger partial charge >= 0.3 is 5.97 Å². The summed E-state index contributed by atoms with van der Waals surface area (Å²) in [6, 6.07) is 2.86. The van der Waals surface area contributed by atoms with E-state index in [1.54, 1.807) is 35.0 Å². The molecule has 1 aromatic carbocycles. The van der Waals surface area contributed by atoms with Crippen LogP contribution in [0.5, 0.6) is 5.75 Å². The Kier molecular flexibility index (Phi) is 46.7. The van der Waals surface area contributed by atoms with Crippen LogP contribution in [0.15, 0.2) is 12.1 Å². The molecular formula is C50H91N3O21. The second kappa shape index (κ2) is 50.4. The molecule has 0 fully saturated rings. The second-order valence-corrected chi connectivity index (χ2v) is 16.6. The number of hydrogen-bond acceptors (Lipinski definition) is 22. The number of carbonyl (C=O) groups is 3. The standard InChI is InChI=1S/C50H91N3O21/c1-50(2,3)74-46(54)7-6-10-73-47-44(48(55)52-8-11-59-17-19-63-25-27-67-33-35-71-39-37-69-31-29-65-23-21-61-15-13-57-4)41-43(51)42-45(47)49(56)53-9-12-60-18-20-64-26-28-68-34-36-72-40-38-70-32-30-66-24-22-62-16-14-58-5/h41-42H,6-40,51H2,1-5H3,(H,52,55)(H,53,56). The molecule has 4 N–H and O–H groups in total. The molecule has 1 aromatic rings. The van der Waals surface area contributed by atoms with Gasteiger partial charge in [-0.1, -0.05) is 0 Å². The van der Waals surface area contributed by atoms with Crippen LogP contribution in [0.25, 0.3) is 0 Å². The largest absolute Gasteiger partial charge is 0.492 e. The minimum absolute atomic E-state index is 0.0222. The maximum Gasteiger partial charge on any atom is 0.306 e. The fourth-order valence-electron chi connectivity index (χ4n) is 5.72. The van der Waals surface area contributed by atoms with Gasteiger partial charge < -0.3 is 102 Å². The maximum atomic E-state index is 13.5. The Morgan fingerprint density at radius 1 is 0.405 bits per heavy atom. The molecule has 2 amide bonds. The molecule has 0 unspecified atom stereocenters. The lowest BCUT2D eigenvalue weighted by Crippen LogP contribution is -2.31. The maximum absolute atomic E-state index is 13.5. The highest BCUT2D eigenvalue weighted by Gasteiger charge is 2.23. The molecule has 0 spiro atoms. The van der Waals surface area contributed by atoms with Crippen molar-refractivity contribution < 1.29 is 99.6 Å². The predicted molar refractivity (Wildman–Crippen MR) is 271 cm³/mol. The summed E-state index contributed by atoms with van der Waals surface area (Å²) in [7, 11) is 3.26. The van der Waals surface area contributed by atoms with Crippen LogP contribution < -0.4 is 21.1 Å². The highest BCUT2D eigenvalue weighted by Crippen LogP contribution is 2.28. The monoisotopic (exact) mass is 1070 g/mol. The summed E-state index contributed by atoms with van der Waals surface area (Å²) in [5.74, 6) is -1.42. The van der Waals surface area contributed by atoms with Crippen LogP contribution in [0.3, 0.4) is 0 Å². The number of benzene rings is 1. The van der Waals surface area contributed by atoms with Crippen molar-refractivity contribution in [3.63, 3.8) is 0 Å². The highest BCUT2D eigenvalue weighted by atomic mass is 16.6. The number of ether oxygens (including phenoxy) is 18. The molecule has 74 heavy (non-hydrogen) atoms. The number of nitrogen functional groups attached to an aromatic ring is 1. The SMILES string of the molecule is COCCOCCOCCOCCOCCOCCOCCOCCNC(=O)c1cc(N)cc(C(=O)NCCOCCOCCOCCOCCOCCOCCOCCOC)c1OCCCC(=O)OC(C)(C)C. The molecule has 24 heteroatoms. The number of nitrogens with two attached hydrogens (primary N) is 1. The summed E-state index contributed by atoms with van der Waals surface area (Å²) < 4.78 is 98.0. The summed E-state index contributed by atoms with van der Waals surface area (Å²) in [4.78, 5) is 39.2. The number of anilines is 1. The molecule has 0 heterocycles. The highest BCUT2D eigenvalue weighted by molar-refractivity contribution is 6.05. The molecule has 0 saturated carbocycles. The smallest absolute Gasteiger partial charge is 0.306 e. The van der Waals surface area contributed by atoms with Crippen molar-refractivity contribution in [3.8, 4) is 5.75 Å². The van der Waals surface area contributed by atoms with Crippen LogP contribution in [-0.4, -0.2) is 256 Å². The summed E-state index contributed by atoms with van der Waals surface area (Å²) in [5.41, 5.74) is 5.83. The average Bonchev–Trinajstić information content (AvgIpc) is 3.37. The van der Waals surface area contributed by atoms with Crippen molar-refractivity contribution >= 4 is 23.5 Å². The van der Waals surface area contributed by atoms with Crippen LogP contribution in [0.1, 0.15) is 54.3 Å². The zero-order valence-electron chi connectivity index (χ0n) is 45.1. The molecule has 0 radical (unpaired) electrons. The Balaban J connectivity index is 2.30. The summed E-state index contributed by atoms with van der Waals surface area (Å²) in [5, 5.41) is 5.57.